The molecule has 1 atom stereocenters. The number of carboxylic acids is 1. The number of nitrogens with zero attached hydrogens (tertiary/aromatic N) is 2. The molecular weight excluding hydrogens is 210 g/mol. The maximum atomic E-state index is 12.0. The molecule has 0 bridgehead atoms. The molecule has 1 unspecified atom stereocenters. The maximum absolute atomic E-state index is 12.0. The van der Waals surface area contributed by atoms with Crippen LogP contribution in [0.3, 0.4) is 0 Å². The highest BCUT2D eigenvalue weighted by molar-refractivity contribution is 5.96. The number of hydrogen-bond donors (Lipinski definition) is 2. The van der Waals surface area contributed by atoms with E-state index in [0.29, 0.717) is 25.1 Å². The summed E-state index contributed by atoms with van der Waals surface area (Å²) in [5, 5.41) is 9.17. The van der Waals surface area contributed by atoms with E-state index >= 15 is 0 Å². The SMILES string of the molecule is CC1(C(=O)O)CCCN1C(=O)c1cnc[nH]1. The van der Waals surface area contributed by atoms with Crippen LogP contribution >= 0.6 is 0 Å². The average Bonchev–Trinajstić information content (AvgIpc) is 2.85. The molecule has 0 spiro atoms. The van der Waals surface area contributed by atoms with E-state index in [-0.39, 0.29) is 5.91 Å². The van der Waals surface area contributed by atoms with Crippen LogP contribution in [0.5, 0.6) is 0 Å². The third-order valence-corrected chi connectivity index (χ3v) is 3.08. The van der Waals surface area contributed by atoms with E-state index < -0.39 is 11.5 Å². The van der Waals surface area contributed by atoms with Gasteiger partial charge in [-0.05, 0) is 19.8 Å². The molecule has 0 aromatic carbocycles. The highest BCUT2D eigenvalue weighted by atomic mass is 16.4. The van der Waals surface area contributed by atoms with Crippen LogP contribution in [0.25, 0.3) is 0 Å². The van der Waals surface area contributed by atoms with Crippen LogP contribution in [0.1, 0.15) is 30.3 Å². The maximum Gasteiger partial charge on any atom is 0.329 e. The molecule has 86 valence electrons. The van der Waals surface area contributed by atoms with Crippen molar-refractivity contribution in [1.82, 2.24) is 14.9 Å². The first-order valence-corrected chi connectivity index (χ1v) is 5.09. The zero-order valence-corrected chi connectivity index (χ0v) is 8.93. The third kappa shape index (κ3) is 1.46. The van der Waals surface area contributed by atoms with Crippen molar-refractivity contribution in [2.45, 2.75) is 25.3 Å². The van der Waals surface area contributed by atoms with E-state index in [1.54, 1.807) is 6.92 Å². The Labute approximate surface area is 92.3 Å². The number of rotatable bonds is 2. The predicted octanol–water partition coefficient (Wildman–Crippen LogP) is 0.489. The molecule has 1 aliphatic heterocycles. The molecule has 1 aromatic rings. The lowest BCUT2D eigenvalue weighted by Gasteiger charge is -2.30. The molecule has 6 heteroatoms. The molecule has 16 heavy (non-hydrogen) atoms. The van der Waals surface area contributed by atoms with Gasteiger partial charge in [-0.1, -0.05) is 0 Å². The molecule has 2 rings (SSSR count). The normalized spacial score (nSPS) is 24.7. The van der Waals surface area contributed by atoms with Crippen LogP contribution in [0.15, 0.2) is 12.5 Å². The van der Waals surface area contributed by atoms with E-state index in [9.17, 15) is 9.59 Å². The summed E-state index contributed by atoms with van der Waals surface area (Å²) in [6.45, 7) is 2.05. The largest absolute Gasteiger partial charge is 0.480 e. The number of H-pyrrole nitrogens is 1. The summed E-state index contributed by atoms with van der Waals surface area (Å²) in [5.41, 5.74) is -0.767. The number of amides is 1. The Hall–Kier alpha value is -1.85. The Bertz CT molecular complexity index is 415. The number of aliphatic carboxylic acids is 1. The second-order valence-electron chi connectivity index (χ2n) is 4.10. The lowest BCUT2D eigenvalue weighted by Crippen LogP contribution is -2.50. The minimum Gasteiger partial charge on any atom is -0.480 e. The molecule has 1 amide bonds. The molecular formula is C10H13N3O3. The molecule has 1 aliphatic rings. The predicted molar refractivity (Wildman–Crippen MR) is 54.9 cm³/mol. The summed E-state index contributed by atoms with van der Waals surface area (Å²) in [4.78, 5) is 31.1. The van der Waals surface area contributed by atoms with Crippen molar-refractivity contribution in [1.29, 1.82) is 0 Å². The molecule has 1 saturated heterocycles. The minimum atomic E-state index is -1.10. The fraction of sp³-hybridized carbons (Fsp3) is 0.500. The molecule has 2 N–H and O–H groups in total. The number of carboxylic acid groups (broad SMARTS) is 1. The van der Waals surface area contributed by atoms with Crippen LogP contribution in [0.2, 0.25) is 0 Å². The summed E-state index contributed by atoms with van der Waals surface area (Å²) >= 11 is 0. The van der Waals surface area contributed by atoms with Crippen molar-refractivity contribution in [2.75, 3.05) is 6.54 Å². The van der Waals surface area contributed by atoms with Crippen molar-refractivity contribution in [3.05, 3.63) is 18.2 Å². The zero-order chi connectivity index (χ0) is 11.8. The van der Waals surface area contributed by atoms with Gasteiger partial charge < -0.3 is 15.0 Å². The van der Waals surface area contributed by atoms with Gasteiger partial charge >= 0.3 is 5.97 Å². The summed E-state index contributed by atoms with van der Waals surface area (Å²) in [7, 11) is 0. The molecule has 1 fully saturated rings. The van der Waals surface area contributed by atoms with Crippen LogP contribution in [-0.2, 0) is 4.79 Å². The molecule has 0 radical (unpaired) electrons. The van der Waals surface area contributed by atoms with Crippen LogP contribution in [0.4, 0.5) is 0 Å². The van der Waals surface area contributed by atoms with Gasteiger partial charge in [0, 0.05) is 6.54 Å². The topological polar surface area (TPSA) is 86.3 Å². The highest BCUT2D eigenvalue weighted by Crippen LogP contribution is 2.30. The van der Waals surface area contributed by atoms with Gasteiger partial charge in [-0.15, -0.1) is 0 Å². The fourth-order valence-corrected chi connectivity index (χ4v) is 2.03. The van der Waals surface area contributed by atoms with Crippen LogP contribution in [0, 0.1) is 0 Å². The zero-order valence-electron chi connectivity index (χ0n) is 8.93. The lowest BCUT2D eigenvalue weighted by molar-refractivity contribution is -0.147. The van der Waals surface area contributed by atoms with E-state index in [1.807, 2.05) is 0 Å². The summed E-state index contributed by atoms with van der Waals surface area (Å²) in [5.74, 6) is -1.27. The Morgan fingerprint density at radius 1 is 1.62 bits per heavy atom. The number of carbonyl (C=O) groups excluding carboxylic acids is 1. The first-order valence-electron chi connectivity index (χ1n) is 5.09. The smallest absolute Gasteiger partial charge is 0.329 e. The monoisotopic (exact) mass is 223 g/mol. The fourth-order valence-electron chi connectivity index (χ4n) is 2.03. The van der Waals surface area contributed by atoms with Gasteiger partial charge in [-0.25, -0.2) is 9.78 Å². The van der Waals surface area contributed by atoms with Crippen molar-refractivity contribution in [3.8, 4) is 0 Å². The van der Waals surface area contributed by atoms with E-state index in [4.69, 9.17) is 5.11 Å². The highest BCUT2D eigenvalue weighted by Gasteiger charge is 2.46. The second kappa shape index (κ2) is 3.62. The molecule has 0 saturated carbocycles. The standard InChI is InChI=1S/C10H13N3O3/c1-10(9(15)16)3-2-4-13(10)8(14)7-5-11-6-12-7/h5-6H,2-4H2,1H3,(H,11,12)(H,15,16). The van der Waals surface area contributed by atoms with Crippen molar-refractivity contribution < 1.29 is 14.7 Å². The van der Waals surface area contributed by atoms with Gasteiger partial charge in [0.2, 0.25) is 0 Å². The van der Waals surface area contributed by atoms with Crippen molar-refractivity contribution >= 4 is 11.9 Å². The van der Waals surface area contributed by atoms with Gasteiger partial charge in [0.1, 0.15) is 11.2 Å². The summed E-state index contributed by atoms with van der Waals surface area (Å²) in [6.07, 6.45) is 4.01. The summed E-state index contributed by atoms with van der Waals surface area (Å²) < 4.78 is 0. The van der Waals surface area contributed by atoms with Crippen LogP contribution < -0.4 is 0 Å². The van der Waals surface area contributed by atoms with Crippen molar-refractivity contribution in [3.63, 3.8) is 0 Å². The number of nitrogens with one attached hydrogen (secondary N) is 1. The lowest BCUT2D eigenvalue weighted by atomic mass is 9.99. The Balaban J connectivity index is 2.27. The Morgan fingerprint density at radius 3 is 2.94 bits per heavy atom. The number of aromatic nitrogens is 2. The first-order chi connectivity index (χ1) is 7.55. The van der Waals surface area contributed by atoms with Gasteiger partial charge in [0.15, 0.2) is 0 Å². The molecule has 1 aromatic heterocycles. The number of aromatic amines is 1. The van der Waals surface area contributed by atoms with Crippen molar-refractivity contribution in [2.24, 2.45) is 0 Å². The quantitative estimate of drug-likeness (QED) is 0.763. The van der Waals surface area contributed by atoms with Gasteiger partial charge in [-0.2, -0.15) is 0 Å². The number of hydrogen-bond acceptors (Lipinski definition) is 3. The first kappa shape index (κ1) is 10.7. The van der Waals surface area contributed by atoms with Gasteiger partial charge in [0.25, 0.3) is 5.91 Å². The number of imidazole rings is 1. The molecule has 0 aliphatic carbocycles. The van der Waals surface area contributed by atoms with E-state index in [2.05, 4.69) is 9.97 Å². The molecule has 6 nitrogen and oxygen atoms in total. The second-order valence-corrected chi connectivity index (χ2v) is 4.10. The van der Waals surface area contributed by atoms with E-state index in [0.717, 1.165) is 0 Å². The minimum absolute atomic E-state index is 0.306. The summed E-state index contributed by atoms with van der Waals surface area (Å²) in [6, 6.07) is 0. The molecule has 2 heterocycles. The third-order valence-electron chi connectivity index (χ3n) is 3.08. The van der Waals surface area contributed by atoms with Gasteiger partial charge in [0.05, 0.1) is 12.5 Å². The Morgan fingerprint density at radius 2 is 2.38 bits per heavy atom. The van der Waals surface area contributed by atoms with E-state index in [1.165, 1.54) is 17.4 Å². The number of carbonyl (C=O) groups is 2. The van der Waals surface area contributed by atoms with Gasteiger partial charge in [-0.3, -0.25) is 4.79 Å². The average molecular weight is 223 g/mol. The van der Waals surface area contributed by atoms with Crippen LogP contribution in [-0.4, -0.2) is 43.9 Å². The Kier molecular flexibility index (Phi) is 2.41. The number of likely N-dealkylation sites (tertiary alicyclic amines) is 1.